The fourth-order valence-electron chi connectivity index (χ4n) is 1.40. The first kappa shape index (κ1) is 12.4. The first-order chi connectivity index (χ1) is 7.24. The molecule has 2 nitrogen and oxygen atoms in total. The summed E-state index contributed by atoms with van der Waals surface area (Å²) in [5.41, 5.74) is 1.08. The third-order valence-electron chi connectivity index (χ3n) is 2.23. The van der Waals surface area contributed by atoms with Gasteiger partial charge in [-0.1, -0.05) is 34.1 Å². The molecular weight excluding hydrogens is 254 g/mol. The fourth-order valence-corrected chi connectivity index (χ4v) is 1.83. The largest absolute Gasteiger partial charge is 0.320 e. The number of carbonyl (C=O) groups excluding carboxylic acids is 1. The van der Waals surface area contributed by atoms with Crippen LogP contribution in [-0.4, -0.2) is 19.4 Å². The van der Waals surface area contributed by atoms with Gasteiger partial charge in [0, 0.05) is 17.3 Å². The van der Waals surface area contributed by atoms with Crippen molar-refractivity contribution in [2.24, 2.45) is 0 Å². The van der Waals surface area contributed by atoms with Crippen molar-refractivity contribution in [3.8, 4) is 0 Å². The molecule has 15 heavy (non-hydrogen) atoms. The van der Waals surface area contributed by atoms with Gasteiger partial charge >= 0.3 is 0 Å². The van der Waals surface area contributed by atoms with Crippen LogP contribution in [0, 0.1) is 0 Å². The maximum absolute atomic E-state index is 11.6. The lowest BCUT2D eigenvalue weighted by atomic mass is 10.1. The van der Waals surface area contributed by atoms with Gasteiger partial charge < -0.3 is 5.32 Å². The molecule has 0 spiro atoms. The van der Waals surface area contributed by atoms with E-state index in [1.807, 2.05) is 31.3 Å². The lowest BCUT2D eigenvalue weighted by Crippen LogP contribution is -2.11. The van der Waals surface area contributed by atoms with Gasteiger partial charge in [-0.3, -0.25) is 4.79 Å². The summed E-state index contributed by atoms with van der Waals surface area (Å²) in [6.45, 7) is 0.904. The van der Waals surface area contributed by atoms with Crippen LogP contribution < -0.4 is 5.32 Å². The summed E-state index contributed by atoms with van der Waals surface area (Å²) in [5.74, 6) is 0.303. The van der Waals surface area contributed by atoms with Crippen LogP contribution in [0.15, 0.2) is 28.7 Å². The lowest BCUT2D eigenvalue weighted by Gasteiger charge is -2.03. The normalized spacial score (nSPS) is 10.3. The molecule has 0 saturated heterocycles. The van der Waals surface area contributed by atoms with E-state index in [-0.39, 0.29) is 0 Å². The first-order valence-corrected chi connectivity index (χ1v) is 5.93. The van der Waals surface area contributed by atoms with Gasteiger partial charge in [-0.2, -0.15) is 0 Å². The summed E-state index contributed by atoms with van der Waals surface area (Å²) in [4.78, 5) is 11.6. The Morgan fingerprint density at radius 1 is 1.40 bits per heavy atom. The number of ketones is 1. The molecule has 0 aliphatic rings. The van der Waals surface area contributed by atoms with Crippen molar-refractivity contribution >= 4 is 21.7 Å². The Hall–Kier alpha value is -0.670. The van der Waals surface area contributed by atoms with Crippen molar-refractivity contribution in [3.05, 3.63) is 34.3 Å². The highest BCUT2D eigenvalue weighted by Crippen LogP contribution is 2.17. The standard InChI is InChI=1S/C12H16BrNO/c1-14-8-4-6-11(15)9-10-5-2-3-7-12(10)13/h2-3,5,7,14H,4,6,8-9H2,1H3. The Morgan fingerprint density at radius 2 is 2.13 bits per heavy atom. The second-order valence-electron chi connectivity index (χ2n) is 3.51. The molecule has 1 N–H and O–H groups in total. The van der Waals surface area contributed by atoms with Gasteiger partial charge in [0.15, 0.2) is 0 Å². The minimum Gasteiger partial charge on any atom is -0.320 e. The zero-order valence-corrected chi connectivity index (χ0v) is 10.5. The zero-order valence-electron chi connectivity index (χ0n) is 8.92. The van der Waals surface area contributed by atoms with Crippen LogP contribution in [-0.2, 0) is 11.2 Å². The molecular formula is C12H16BrNO. The van der Waals surface area contributed by atoms with Gasteiger partial charge in [-0.15, -0.1) is 0 Å². The minimum atomic E-state index is 0.303. The number of hydrogen-bond donors (Lipinski definition) is 1. The van der Waals surface area contributed by atoms with Crippen LogP contribution in [0.4, 0.5) is 0 Å². The molecule has 0 radical (unpaired) electrons. The number of halogens is 1. The molecule has 1 aromatic rings. The lowest BCUT2D eigenvalue weighted by molar-refractivity contribution is -0.118. The third-order valence-corrected chi connectivity index (χ3v) is 3.00. The average Bonchev–Trinajstić information content (AvgIpc) is 2.22. The SMILES string of the molecule is CNCCCC(=O)Cc1ccccc1Br. The van der Waals surface area contributed by atoms with Crippen molar-refractivity contribution < 1.29 is 4.79 Å². The predicted octanol–water partition coefficient (Wildman–Crippen LogP) is 2.56. The molecule has 0 aromatic heterocycles. The molecule has 0 heterocycles. The first-order valence-electron chi connectivity index (χ1n) is 5.13. The molecule has 0 fully saturated rings. The average molecular weight is 270 g/mol. The number of rotatable bonds is 6. The smallest absolute Gasteiger partial charge is 0.137 e. The summed E-state index contributed by atoms with van der Waals surface area (Å²) < 4.78 is 1.02. The van der Waals surface area contributed by atoms with Crippen LogP contribution >= 0.6 is 15.9 Å². The Morgan fingerprint density at radius 3 is 2.80 bits per heavy atom. The summed E-state index contributed by atoms with van der Waals surface area (Å²) in [6.07, 6.45) is 2.10. The van der Waals surface area contributed by atoms with Gasteiger partial charge in [-0.25, -0.2) is 0 Å². The van der Waals surface area contributed by atoms with E-state index in [9.17, 15) is 4.79 Å². The number of nitrogens with one attached hydrogen (secondary N) is 1. The van der Waals surface area contributed by atoms with Gasteiger partial charge in [0.25, 0.3) is 0 Å². The van der Waals surface area contributed by atoms with E-state index >= 15 is 0 Å². The minimum absolute atomic E-state index is 0.303. The van der Waals surface area contributed by atoms with E-state index < -0.39 is 0 Å². The Kier molecular flexibility index (Phi) is 5.58. The van der Waals surface area contributed by atoms with E-state index in [1.54, 1.807) is 0 Å². The van der Waals surface area contributed by atoms with Crippen molar-refractivity contribution in [3.63, 3.8) is 0 Å². The fraction of sp³-hybridized carbons (Fsp3) is 0.417. The monoisotopic (exact) mass is 269 g/mol. The maximum atomic E-state index is 11.6. The molecule has 1 rings (SSSR count). The van der Waals surface area contributed by atoms with Crippen molar-refractivity contribution in [1.29, 1.82) is 0 Å². The highest BCUT2D eigenvalue weighted by atomic mass is 79.9. The highest BCUT2D eigenvalue weighted by molar-refractivity contribution is 9.10. The topological polar surface area (TPSA) is 29.1 Å². The molecule has 82 valence electrons. The van der Waals surface area contributed by atoms with Gasteiger partial charge in [-0.05, 0) is 31.6 Å². The van der Waals surface area contributed by atoms with Crippen molar-refractivity contribution in [1.82, 2.24) is 5.32 Å². The van der Waals surface area contributed by atoms with Crippen molar-refractivity contribution in [2.45, 2.75) is 19.3 Å². The van der Waals surface area contributed by atoms with Crippen molar-refractivity contribution in [2.75, 3.05) is 13.6 Å². The van der Waals surface area contributed by atoms with Crippen LogP contribution in [0.25, 0.3) is 0 Å². The number of Topliss-reactive ketones (excluding diaryl/α,β-unsaturated/α-hetero) is 1. The van der Waals surface area contributed by atoms with Crippen LogP contribution in [0.5, 0.6) is 0 Å². The highest BCUT2D eigenvalue weighted by Gasteiger charge is 2.05. The van der Waals surface area contributed by atoms with Gasteiger partial charge in [0.2, 0.25) is 0 Å². The van der Waals surface area contributed by atoms with E-state index in [0.717, 1.165) is 23.0 Å². The second kappa shape index (κ2) is 6.75. The second-order valence-corrected chi connectivity index (χ2v) is 4.37. The Labute approximate surface area is 99.2 Å². The van der Waals surface area contributed by atoms with E-state index in [4.69, 9.17) is 0 Å². The summed E-state index contributed by atoms with van der Waals surface area (Å²) in [6, 6.07) is 7.87. The quantitative estimate of drug-likeness (QED) is 0.805. The molecule has 0 saturated carbocycles. The summed E-state index contributed by atoms with van der Waals surface area (Å²) >= 11 is 3.44. The number of benzene rings is 1. The van der Waals surface area contributed by atoms with E-state index in [1.165, 1.54) is 0 Å². The summed E-state index contributed by atoms with van der Waals surface area (Å²) in [5, 5.41) is 3.04. The zero-order chi connectivity index (χ0) is 11.1. The molecule has 0 amide bonds. The number of carbonyl (C=O) groups is 1. The third kappa shape index (κ3) is 4.58. The van der Waals surface area contributed by atoms with Gasteiger partial charge in [0.1, 0.15) is 5.78 Å². The molecule has 0 atom stereocenters. The molecule has 1 aromatic carbocycles. The summed E-state index contributed by atoms with van der Waals surface area (Å²) in [7, 11) is 1.90. The Balaban J connectivity index is 2.41. The molecule has 0 unspecified atom stereocenters. The molecule has 3 heteroatoms. The molecule has 0 bridgehead atoms. The Bertz CT molecular complexity index is 325. The van der Waals surface area contributed by atoms with Crippen LogP contribution in [0.3, 0.4) is 0 Å². The number of hydrogen-bond acceptors (Lipinski definition) is 2. The van der Waals surface area contributed by atoms with E-state index in [2.05, 4.69) is 21.2 Å². The predicted molar refractivity (Wildman–Crippen MR) is 66.0 cm³/mol. The maximum Gasteiger partial charge on any atom is 0.137 e. The molecule has 0 aliphatic carbocycles. The van der Waals surface area contributed by atoms with E-state index in [0.29, 0.717) is 18.6 Å². The van der Waals surface area contributed by atoms with Gasteiger partial charge in [0.05, 0.1) is 0 Å². The van der Waals surface area contributed by atoms with Crippen LogP contribution in [0.1, 0.15) is 18.4 Å². The van der Waals surface area contributed by atoms with Crippen LogP contribution in [0.2, 0.25) is 0 Å². The molecule has 0 aliphatic heterocycles.